The largest absolute Gasteiger partial charge is 0.508 e. The molecule has 7 nitrogen and oxygen atoms in total. The molecule has 1 aliphatic rings. The van der Waals surface area contributed by atoms with Crippen LogP contribution in [0.4, 0.5) is 4.79 Å². The Hall–Kier alpha value is -2.57. The SMILES string of the molecule is CCN1C(=O)[C@H](CCCCNC(C)=O)N(Cc2ccc(O)cc2)C1=O. The number of benzene rings is 1. The number of rotatable bonds is 8. The first-order valence-electron chi connectivity index (χ1n) is 8.58. The molecule has 0 radical (unpaired) electrons. The van der Waals surface area contributed by atoms with Crippen molar-refractivity contribution in [2.75, 3.05) is 13.1 Å². The van der Waals surface area contributed by atoms with E-state index < -0.39 is 6.04 Å². The van der Waals surface area contributed by atoms with Crippen LogP contribution < -0.4 is 5.32 Å². The summed E-state index contributed by atoms with van der Waals surface area (Å²) >= 11 is 0. The average Bonchev–Trinajstić information content (AvgIpc) is 2.79. The van der Waals surface area contributed by atoms with Gasteiger partial charge >= 0.3 is 6.03 Å². The number of phenols is 1. The topological polar surface area (TPSA) is 90.0 Å². The number of unbranched alkanes of at least 4 members (excludes halogenated alkanes) is 1. The molecule has 7 heteroatoms. The molecule has 0 spiro atoms. The summed E-state index contributed by atoms with van der Waals surface area (Å²) in [5.74, 6) is -0.0682. The molecule has 1 aromatic rings. The normalized spacial score (nSPS) is 17.3. The number of amides is 4. The highest BCUT2D eigenvalue weighted by atomic mass is 16.3. The van der Waals surface area contributed by atoms with E-state index in [1.54, 1.807) is 36.1 Å². The summed E-state index contributed by atoms with van der Waals surface area (Å²) < 4.78 is 0. The molecular weight excluding hydrogens is 322 g/mol. The highest BCUT2D eigenvalue weighted by molar-refractivity contribution is 6.04. The van der Waals surface area contributed by atoms with Gasteiger partial charge in [-0.05, 0) is 43.9 Å². The molecule has 4 amide bonds. The van der Waals surface area contributed by atoms with Gasteiger partial charge in [-0.3, -0.25) is 14.5 Å². The first-order chi connectivity index (χ1) is 11.9. The Bertz CT molecular complexity index is 630. The van der Waals surface area contributed by atoms with E-state index in [0.717, 1.165) is 18.4 Å². The predicted octanol–water partition coefficient (Wildman–Crippen LogP) is 1.85. The standard InChI is InChI=1S/C18H25N3O4/c1-3-20-17(24)16(6-4-5-11-19-13(2)22)21(18(20)25)12-14-7-9-15(23)10-8-14/h7-10,16,23H,3-6,11-12H2,1-2H3,(H,19,22)/t16-/m0/s1. The molecule has 1 aliphatic heterocycles. The zero-order valence-electron chi connectivity index (χ0n) is 14.7. The lowest BCUT2D eigenvalue weighted by atomic mass is 10.1. The van der Waals surface area contributed by atoms with Crippen molar-refractivity contribution >= 4 is 17.8 Å². The molecule has 1 fully saturated rings. The van der Waals surface area contributed by atoms with Crippen molar-refractivity contribution in [3.63, 3.8) is 0 Å². The fourth-order valence-corrected chi connectivity index (χ4v) is 2.97. The van der Waals surface area contributed by atoms with Crippen LogP contribution in [0.5, 0.6) is 5.75 Å². The number of hydrogen-bond donors (Lipinski definition) is 2. The number of carbonyl (C=O) groups is 3. The summed E-state index contributed by atoms with van der Waals surface area (Å²) in [6.45, 7) is 4.51. The van der Waals surface area contributed by atoms with Gasteiger partial charge in [-0.15, -0.1) is 0 Å². The van der Waals surface area contributed by atoms with Gasteiger partial charge in [-0.1, -0.05) is 12.1 Å². The Labute approximate surface area is 147 Å². The lowest BCUT2D eigenvalue weighted by Gasteiger charge is -2.22. The minimum atomic E-state index is -0.474. The molecule has 1 aromatic carbocycles. The van der Waals surface area contributed by atoms with Crippen molar-refractivity contribution in [1.82, 2.24) is 15.1 Å². The van der Waals surface area contributed by atoms with E-state index in [1.165, 1.54) is 11.8 Å². The van der Waals surface area contributed by atoms with Crippen LogP contribution in [-0.2, 0) is 16.1 Å². The number of urea groups is 1. The van der Waals surface area contributed by atoms with Crippen molar-refractivity contribution in [1.29, 1.82) is 0 Å². The summed E-state index contributed by atoms with van der Waals surface area (Å²) in [4.78, 5) is 38.8. The molecule has 0 bridgehead atoms. The lowest BCUT2D eigenvalue weighted by Crippen LogP contribution is -2.34. The molecule has 1 saturated heterocycles. The number of imide groups is 1. The molecule has 136 valence electrons. The van der Waals surface area contributed by atoms with Crippen LogP contribution in [-0.4, -0.2) is 51.9 Å². The van der Waals surface area contributed by atoms with E-state index in [0.29, 0.717) is 26.1 Å². The van der Waals surface area contributed by atoms with Gasteiger partial charge in [0.15, 0.2) is 0 Å². The first-order valence-corrected chi connectivity index (χ1v) is 8.58. The second kappa shape index (κ2) is 8.50. The van der Waals surface area contributed by atoms with Crippen molar-refractivity contribution in [2.45, 2.75) is 45.7 Å². The third-order valence-corrected chi connectivity index (χ3v) is 4.29. The van der Waals surface area contributed by atoms with Gasteiger partial charge in [0.25, 0.3) is 5.91 Å². The van der Waals surface area contributed by atoms with E-state index in [2.05, 4.69) is 5.32 Å². The molecule has 25 heavy (non-hydrogen) atoms. The maximum atomic E-state index is 12.5. The van der Waals surface area contributed by atoms with E-state index in [-0.39, 0.29) is 23.6 Å². The highest BCUT2D eigenvalue weighted by Crippen LogP contribution is 2.24. The van der Waals surface area contributed by atoms with Crippen LogP contribution in [0, 0.1) is 0 Å². The lowest BCUT2D eigenvalue weighted by molar-refractivity contribution is -0.128. The van der Waals surface area contributed by atoms with E-state index in [1.807, 2.05) is 0 Å². The third-order valence-electron chi connectivity index (χ3n) is 4.29. The molecular formula is C18H25N3O4. The van der Waals surface area contributed by atoms with Crippen molar-refractivity contribution in [2.24, 2.45) is 0 Å². The Morgan fingerprint density at radius 3 is 2.48 bits per heavy atom. The Balaban J connectivity index is 2.01. The third kappa shape index (κ3) is 4.71. The van der Waals surface area contributed by atoms with Crippen molar-refractivity contribution in [3.05, 3.63) is 29.8 Å². The van der Waals surface area contributed by atoms with Crippen LogP contribution in [0.1, 0.15) is 38.7 Å². The van der Waals surface area contributed by atoms with Crippen LogP contribution >= 0.6 is 0 Å². The van der Waals surface area contributed by atoms with Crippen LogP contribution in [0.2, 0.25) is 0 Å². The zero-order chi connectivity index (χ0) is 18.4. The summed E-state index contributed by atoms with van der Waals surface area (Å²) in [7, 11) is 0. The van der Waals surface area contributed by atoms with Crippen LogP contribution in [0.3, 0.4) is 0 Å². The van der Waals surface area contributed by atoms with Crippen molar-refractivity contribution in [3.8, 4) is 5.75 Å². The van der Waals surface area contributed by atoms with E-state index >= 15 is 0 Å². The summed E-state index contributed by atoms with van der Waals surface area (Å²) in [5.41, 5.74) is 0.861. The Morgan fingerprint density at radius 2 is 1.88 bits per heavy atom. The summed E-state index contributed by atoms with van der Waals surface area (Å²) in [6, 6.07) is 5.88. The molecule has 0 saturated carbocycles. The van der Waals surface area contributed by atoms with E-state index in [4.69, 9.17) is 0 Å². The minimum absolute atomic E-state index is 0.0711. The number of aromatic hydroxyl groups is 1. The second-order valence-electron chi connectivity index (χ2n) is 6.15. The molecule has 0 unspecified atom stereocenters. The summed E-state index contributed by atoms with van der Waals surface area (Å²) in [6.07, 6.45) is 2.07. The number of phenolic OH excluding ortho intramolecular Hbond substituents is 1. The number of hydrogen-bond acceptors (Lipinski definition) is 4. The van der Waals surface area contributed by atoms with Crippen LogP contribution in [0.15, 0.2) is 24.3 Å². The maximum absolute atomic E-state index is 12.5. The molecule has 2 N–H and O–H groups in total. The molecule has 0 aliphatic carbocycles. The van der Waals surface area contributed by atoms with Gasteiger partial charge in [0.05, 0.1) is 0 Å². The van der Waals surface area contributed by atoms with Gasteiger partial charge in [0, 0.05) is 26.6 Å². The first kappa shape index (κ1) is 18.8. The fourth-order valence-electron chi connectivity index (χ4n) is 2.97. The number of nitrogens with one attached hydrogen (secondary N) is 1. The Morgan fingerprint density at radius 1 is 1.20 bits per heavy atom. The maximum Gasteiger partial charge on any atom is 0.327 e. The second-order valence-corrected chi connectivity index (χ2v) is 6.15. The summed E-state index contributed by atoms with van der Waals surface area (Å²) in [5, 5.41) is 12.1. The Kier molecular flexibility index (Phi) is 6.38. The molecule has 0 aromatic heterocycles. The monoisotopic (exact) mass is 347 g/mol. The average molecular weight is 347 g/mol. The van der Waals surface area contributed by atoms with Gasteiger partial charge < -0.3 is 15.3 Å². The van der Waals surface area contributed by atoms with Gasteiger partial charge in [0.2, 0.25) is 5.91 Å². The van der Waals surface area contributed by atoms with Crippen molar-refractivity contribution < 1.29 is 19.5 Å². The molecule has 1 heterocycles. The molecule has 2 rings (SSSR count). The minimum Gasteiger partial charge on any atom is -0.508 e. The predicted molar refractivity (Wildman–Crippen MR) is 92.8 cm³/mol. The fraction of sp³-hybridized carbons (Fsp3) is 0.500. The van der Waals surface area contributed by atoms with Gasteiger partial charge in [-0.2, -0.15) is 0 Å². The number of likely N-dealkylation sites (N-methyl/N-ethyl adjacent to an activating group) is 1. The smallest absolute Gasteiger partial charge is 0.327 e. The quantitative estimate of drug-likeness (QED) is 0.555. The zero-order valence-corrected chi connectivity index (χ0v) is 14.7. The van der Waals surface area contributed by atoms with Gasteiger partial charge in [0.1, 0.15) is 11.8 Å². The number of carbonyl (C=O) groups excluding carboxylic acids is 3. The van der Waals surface area contributed by atoms with Gasteiger partial charge in [-0.25, -0.2) is 4.79 Å². The van der Waals surface area contributed by atoms with Crippen LogP contribution in [0.25, 0.3) is 0 Å². The number of nitrogens with zero attached hydrogens (tertiary/aromatic N) is 2. The highest BCUT2D eigenvalue weighted by Gasteiger charge is 2.43. The molecule has 1 atom stereocenters. The van der Waals surface area contributed by atoms with E-state index in [9.17, 15) is 19.5 Å².